The maximum atomic E-state index is 14.2. The Morgan fingerprint density at radius 3 is 2.65 bits per heavy atom. The largest absolute Gasteiger partial charge is 0.378 e. The molecule has 6 heteroatoms. The fourth-order valence-corrected chi connectivity index (χ4v) is 3.26. The lowest BCUT2D eigenvalue weighted by atomic mass is 9.99. The van der Waals surface area contributed by atoms with Crippen LogP contribution >= 0.6 is 34.2 Å². The number of ketones is 1. The first-order valence-corrected chi connectivity index (χ1v) is 9.39. The van der Waals surface area contributed by atoms with E-state index >= 15 is 0 Å². The molecule has 1 aromatic heterocycles. The van der Waals surface area contributed by atoms with Gasteiger partial charge in [0.25, 0.3) is 0 Å². The van der Waals surface area contributed by atoms with Crippen molar-refractivity contribution in [3.05, 3.63) is 92.0 Å². The lowest BCUT2D eigenvalue weighted by Gasteiger charge is -2.12. The lowest BCUT2D eigenvalue weighted by molar-refractivity contribution is 0.100. The van der Waals surface area contributed by atoms with Gasteiger partial charge in [-0.3, -0.25) is 4.79 Å². The molecule has 0 fully saturated rings. The third kappa shape index (κ3) is 4.59. The minimum Gasteiger partial charge on any atom is -0.378 e. The van der Waals surface area contributed by atoms with Crippen LogP contribution in [-0.2, 0) is 6.42 Å². The number of anilines is 1. The highest BCUT2D eigenvalue weighted by Gasteiger charge is 2.17. The summed E-state index contributed by atoms with van der Waals surface area (Å²) in [5.41, 5.74) is 2.32. The van der Waals surface area contributed by atoms with E-state index in [1.54, 1.807) is 12.1 Å². The van der Waals surface area contributed by atoms with E-state index in [2.05, 4.69) is 32.9 Å². The number of para-hydroxylation sites is 1. The van der Waals surface area contributed by atoms with Crippen LogP contribution in [0, 0.1) is 9.39 Å². The van der Waals surface area contributed by atoms with Crippen LogP contribution in [0.15, 0.2) is 60.8 Å². The van der Waals surface area contributed by atoms with Gasteiger partial charge in [-0.25, -0.2) is 9.37 Å². The van der Waals surface area contributed by atoms with Gasteiger partial charge in [0, 0.05) is 33.0 Å². The fourth-order valence-electron chi connectivity index (χ4n) is 2.59. The predicted octanol–water partition coefficient (Wildman–Crippen LogP) is 5.36. The van der Waals surface area contributed by atoms with Crippen molar-refractivity contribution in [3.63, 3.8) is 0 Å². The van der Waals surface area contributed by atoms with Crippen molar-refractivity contribution in [2.45, 2.75) is 6.42 Å². The van der Waals surface area contributed by atoms with Gasteiger partial charge in [0.15, 0.2) is 5.78 Å². The summed E-state index contributed by atoms with van der Waals surface area (Å²) in [5.74, 6) is -0.447. The third-order valence-corrected chi connectivity index (χ3v) is 4.91. The number of aromatic nitrogens is 1. The van der Waals surface area contributed by atoms with Gasteiger partial charge in [-0.05, 0) is 58.5 Å². The molecule has 3 nitrogen and oxygen atoms in total. The number of carbonyl (C=O) groups is 1. The van der Waals surface area contributed by atoms with Crippen LogP contribution in [0.1, 0.15) is 21.5 Å². The van der Waals surface area contributed by atoms with Gasteiger partial charge >= 0.3 is 0 Å². The molecule has 1 heterocycles. The lowest BCUT2D eigenvalue weighted by Crippen LogP contribution is -2.16. The van der Waals surface area contributed by atoms with Gasteiger partial charge in [0.1, 0.15) is 11.0 Å². The Hall–Kier alpha value is -1.99. The molecule has 0 unspecified atom stereocenters. The van der Waals surface area contributed by atoms with Crippen LogP contribution in [0.4, 0.5) is 10.1 Å². The summed E-state index contributed by atoms with van der Waals surface area (Å²) in [6, 6.07) is 16.1. The zero-order valence-corrected chi connectivity index (χ0v) is 16.6. The van der Waals surface area contributed by atoms with E-state index in [1.165, 1.54) is 12.3 Å². The molecule has 2 aromatic carbocycles. The zero-order valence-electron chi connectivity index (χ0n) is 13.7. The first-order chi connectivity index (χ1) is 12.5. The highest BCUT2D eigenvalue weighted by Crippen LogP contribution is 2.24. The first kappa shape index (κ1) is 18.8. The van der Waals surface area contributed by atoms with Crippen molar-refractivity contribution in [2.75, 3.05) is 11.9 Å². The van der Waals surface area contributed by atoms with E-state index in [4.69, 9.17) is 11.6 Å². The molecule has 3 aromatic rings. The second kappa shape index (κ2) is 8.60. The molecule has 0 atom stereocenters. The summed E-state index contributed by atoms with van der Waals surface area (Å²) in [7, 11) is 0. The van der Waals surface area contributed by atoms with Crippen molar-refractivity contribution < 1.29 is 9.18 Å². The number of rotatable bonds is 6. The second-order valence-corrected chi connectivity index (χ2v) is 7.29. The molecule has 0 aliphatic heterocycles. The molecule has 0 bridgehead atoms. The normalized spacial score (nSPS) is 10.6. The Labute approximate surface area is 169 Å². The fraction of sp³-hybridized carbons (Fsp3) is 0.100. The summed E-state index contributed by atoms with van der Waals surface area (Å²) in [6.45, 7) is 0.118. The number of nitrogens with zero attached hydrogens (tertiary/aromatic N) is 1. The smallest absolute Gasteiger partial charge is 0.182 e. The summed E-state index contributed by atoms with van der Waals surface area (Å²) in [5, 5.41) is 3.30. The SMILES string of the molecule is O=C(CNc1ccccc1)c1ccnc(Cl)c1Cc1ccc(I)cc1F. The molecule has 132 valence electrons. The number of Topliss-reactive ketones (excluding diaryl/α,β-unsaturated/α-hetero) is 1. The average molecular weight is 481 g/mol. The van der Waals surface area contributed by atoms with Crippen molar-refractivity contribution in [2.24, 2.45) is 0 Å². The monoisotopic (exact) mass is 480 g/mol. The van der Waals surface area contributed by atoms with Gasteiger partial charge < -0.3 is 5.32 Å². The van der Waals surface area contributed by atoms with Crippen molar-refractivity contribution in [1.29, 1.82) is 0 Å². The quantitative estimate of drug-likeness (QED) is 0.293. The zero-order chi connectivity index (χ0) is 18.5. The molecule has 0 saturated heterocycles. The van der Waals surface area contributed by atoms with Gasteiger partial charge in [-0.15, -0.1) is 0 Å². The van der Waals surface area contributed by atoms with Crippen LogP contribution in [-0.4, -0.2) is 17.3 Å². The van der Waals surface area contributed by atoms with E-state index < -0.39 is 0 Å². The van der Waals surface area contributed by atoms with E-state index in [1.807, 2.05) is 36.4 Å². The highest BCUT2D eigenvalue weighted by molar-refractivity contribution is 14.1. The molecule has 3 rings (SSSR count). The van der Waals surface area contributed by atoms with E-state index in [0.29, 0.717) is 16.7 Å². The Bertz CT molecular complexity index is 934. The maximum Gasteiger partial charge on any atom is 0.182 e. The minimum atomic E-state index is -0.322. The minimum absolute atomic E-state index is 0.118. The Kier molecular flexibility index (Phi) is 6.21. The summed E-state index contributed by atoms with van der Waals surface area (Å²) >= 11 is 8.27. The van der Waals surface area contributed by atoms with E-state index in [0.717, 1.165) is 9.26 Å². The number of hydrogen-bond donors (Lipinski definition) is 1. The molecular weight excluding hydrogens is 466 g/mol. The van der Waals surface area contributed by atoms with Crippen LogP contribution in [0.3, 0.4) is 0 Å². The van der Waals surface area contributed by atoms with Gasteiger partial charge in [-0.2, -0.15) is 0 Å². The van der Waals surface area contributed by atoms with Gasteiger partial charge in [0.05, 0.1) is 6.54 Å². The van der Waals surface area contributed by atoms with Crippen molar-refractivity contribution in [1.82, 2.24) is 4.98 Å². The number of halogens is 3. The van der Waals surface area contributed by atoms with Crippen LogP contribution < -0.4 is 5.32 Å². The van der Waals surface area contributed by atoms with Crippen LogP contribution in [0.5, 0.6) is 0 Å². The standard InChI is InChI=1S/C20H15ClFIN2O/c21-20-17(10-13-6-7-14(23)11-18(13)22)16(8-9-24-20)19(26)12-25-15-4-2-1-3-5-15/h1-9,11,25H,10,12H2. The van der Waals surface area contributed by atoms with Crippen molar-refractivity contribution >= 4 is 45.7 Å². The topological polar surface area (TPSA) is 42.0 Å². The number of nitrogens with one attached hydrogen (secondary N) is 1. The van der Waals surface area contributed by atoms with E-state index in [9.17, 15) is 9.18 Å². The molecule has 1 N–H and O–H groups in total. The molecular formula is C20H15ClFIN2O. The first-order valence-electron chi connectivity index (χ1n) is 7.94. The molecule has 0 saturated carbocycles. The van der Waals surface area contributed by atoms with Crippen molar-refractivity contribution in [3.8, 4) is 0 Å². The van der Waals surface area contributed by atoms with Crippen LogP contribution in [0.25, 0.3) is 0 Å². The average Bonchev–Trinajstić information content (AvgIpc) is 2.64. The predicted molar refractivity (Wildman–Crippen MR) is 110 cm³/mol. The molecule has 0 aliphatic carbocycles. The molecule has 0 amide bonds. The maximum absolute atomic E-state index is 14.2. The number of benzene rings is 2. The number of carbonyl (C=O) groups excluding carboxylic acids is 1. The Morgan fingerprint density at radius 1 is 1.15 bits per heavy atom. The summed E-state index contributed by atoms with van der Waals surface area (Å²) in [6.07, 6.45) is 1.70. The van der Waals surface area contributed by atoms with Gasteiger partial charge in [-0.1, -0.05) is 35.9 Å². The Morgan fingerprint density at radius 2 is 1.92 bits per heavy atom. The molecule has 0 aliphatic rings. The van der Waals surface area contributed by atoms with Crippen LogP contribution in [0.2, 0.25) is 5.15 Å². The number of pyridine rings is 1. The third-order valence-electron chi connectivity index (χ3n) is 3.91. The highest BCUT2D eigenvalue weighted by atomic mass is 127. The van der Waals surface area contributed by atoms with Gasteiger partial charge in [0.2, 0.25) is 0 Å². The Balaban J connectivity index is 1.83. The van der Waals surface area contributed by atoms with E-state index in [-0.39, 0.29) is 29.7 Å². The molecule has 26 heavy (non-hydrogen) atoms. The second-order valence-electron chi connectivity index (χ2n) is 5.68. The molecule has 0 radical (unpaired) electrons. The molecule has 0 spiro atoms. The summed E-state index contributed by atoms with van der Waals surface area (Å²) in [4.78, 5) is 16.7. The summed E-state index contributed by atoms with van der Waals surface area (Å²) < 4.78 is 15.0. The number of hydrogen-bond acceptors (Lipinski definition) is 3.